The molecule has 1 aliphatic rings. The predicted octanol–water partition coefficient (Wildman–Crippen LogP) is 4.46. The molecule has 1 aromatic heterocycles. The van der Waals surface area contributed by atoms with Crippen molar-refractivity contribution in [3.63, 3.8) is 0 Å². The van der Waals surface area contributed by atoms with Gasteiger partial charge in [0, 0.05) is 21.6 Å². The SMILES string of the molecule is COC(=O)c1ccc(S(=O)(=O)Nc2ncc3ccccc3c2C2CC2)cc1Br. The number of methoxy groups -OCH3 is 1. The van der Waals surface area contributed by atoms with Gasteiger partial charge in [0.25, 0.3) is 10.0 Å². The van der Waals surface area contributed by atoms with Crippen molar-refractivity contribution in [2.24, 2.45) is 0 Å². The molecule has 0 radical (unpaired) electrons. The van der Waals surface area contributed by atoms with Crippen LogP contribution in [0.5, 0.6) is 0 Å². The summed E-state index contributed by atoms with van der Waals surface area (Å²) in [5, 5.41) is 2.00. The van der Waals surface area contributed by atoms with E-state index in [0.717, 1.165) is 29.2 Å². The Morgan fingerprint density at radius 3 is 2.64 bits per heavy atom. The molecule has 1 saturated carbocycles. The van der Waals surface area contributed by atoms with Crippen molar-refractivity contribution in [1.82, 2.24) is 4.98 Å². The molecule has 0 saturated heterocycles. The molecule has 144 valence electrons. The Bertz CT molecular complexity index is 1190. The molecule has 1 N–H and O–H groups in total. The van der Waals surface area contributed by atoms with Crippen molar-refractivity contribution in [2.75, 3.05) is 11.8 Å². The van der Waals surface area contributed by atoms with E-state index in [1.807, 2.05) is 24.3 Å². The number of sulfonamides is 1. The number of benzene rings is 2. The number of hydrogen-bond donors (Lipinski definition) is 1. The van der Waals surface area contributed by atoms with Gasteiger partial charge in [-0.3, -0.25) is 4.72 Å². The van der Waals surface area contributed by atoms with Crippen LogP contribution in [0.25, 0.3) is 10.8 Å². The lowest BCUT2D eigenvalue weighted by Gasteiger charge is -2.14. The van der Waals surface area contributed by atoms with Gasteiger partial charge in [0.2, 0.25) is 0 Å². The molecule has 1 aliphatic carbocycles. The fourth-order valence-corrected chi connectivity index (χ4v) is 4.92. The Morgan fingerprint density at radius 1 is 1.21 bits per heavy atom. The van der Waals surface area contributed by atoms with Crippen LogP contribution in [0, 0.1) is 0 Å². The topological polar surface area (TPSA) is 85.4 Å². The van der Waals surface area contributed by atoms with Gasteiger partial charge in [-0.2, -0.15) is 0 Å². The molecule has 1 heterocycles. The number of rotatable bonds is 5. The van der Waals surface area contributed by atoms with Crippen LogP contribution < -0.4 is 4.72 Å². The number of esters is 1. The highest BCUT2D eigenvalue weighted by Gasteiger charge is 2.30. The summed E-state index contributed by atoms with van der Waals surface area (Å²) in [7, 11) is -2.61. The quantitative estimate of drug-likeness (QED) is 0.567. The molecule has 1 fully saturated rings. The molecule has 4 rings (SSSR count). The number of aromatic nitrogens is 1. The van der Waals surface area contributed by atoms with Crippen LogP contribution in [0.3, 0.4) is 0 Å². The molecular formula is C20H17BrN2O4S. The van der Waals surface area contributed by atoms with Crippen LogP contribution in [0.15, 0.2) is 58.0 Å². The Hall–Kier alpha value is -2.45. The zero-order valence-electron chi connectivity index (χ0n) is 15.0. The van der Waals surface area contributed by atoms with Gasteiger partial charge in [0.1, 0.15) is 5.82 Å². The van der Waals surface area contributed by atoms with E-state index in [4.69, 9.17) is 0 Å². The van der Waals surface area contributed by atoms with Gasteiger partial charge in [-0.1, -0.05) is 24.3 Å². The lowest BCUT2D eigenvalue weighted by Crippen LogP contribution is -2.16. The predicted molar refractivity (Wildman–Crippen MR) is 110 cm³/mol. The minimum atomic E-state index is -3.88. The van der Waals surface area contributed by atoms with Crippen molar-refractivity contribution in [3.05, 3.63) is 64.3 Å². The molecule has 3 aromatic rings. The zero-order valence-corrected chi connectivity index (χ0v) is 17.4. The second kappa shape index (κ2) is 7.18. The smallest absolute Gasteiger partial charge is 0.339 e. The molecule has 2 aromatic carbocycles. The normalized spacial score (nSPS) is 14.1. The maximum absolute atomic E-state index is 12.9. The van der Waals surface area contributed by atoms with Crippen molar-refractivity contribution < 1.29 is 17.9 Å². The summed E-state index contributed by atoms with van der Waals surface area (Å²) in [5.41, 5.74) is 1.19. The van der Waals surface area contributed by atoms with E-state index >= 15 is 0 Å². The molecule has 28 heavy (non-hydrogen) atoms. The largest absolute Gasteiger partial charge is 0.465 e. The van der Waals surface area contributed by atoms with Gasteiger partial charge in [-0.15, -0.1) is 0 Å². The summed E-state index contributed by atoms with van der Waals surface area (Å²) in [5.74, 6) is 0.120. The summed E-state index contributed by atoms with van der Waals surface area (Å²) in [6.07, 6.45) is 3.71. The number of hydrogen-bond acceptors (Lipinski definition) is 5. The standard InChI is InChI=1S/C20H17BrN2O4S/c1-27-20(24)16-9-8-14(10-17(16)21)28(25,26)23-19-18(12-6-7-12)15-5-3-2-4-13(15)11-22-19/h2-5,8-12H,6-7H2,1H3,(H,22,23). The van der Waals surface area contributed by atoms with Crippen LogP contribution in [-0.2, 0) is 14.8 Å². The molecule has 6 nitrogen and oxygen atoms in total. The van der Waals surface area contributed by atoms with Gasteiger partial charge < -0.3 is 4.74 Å². The number of nitrogens with one attached hydrogen (secondary N) is 1. The van der Waals surface area contributed by atoms with Crippen LogP contribution in [0.1, 0.15) is 34.7 Å². The molecule has 0 aliphatic heterocycles. The highest BCUT2D eigenvalue weighted by molar-refractivity contribution is 9.10. The fourth-order valence-electron chi connectivity index (χ4n) is 3.18. The van der Waals surface area contributed by atoms with Gasteiger partial charge in [-0.05, 0) is 58.3 Å². The van der Waals surface area contributed by atoms with Crippen LogP contribution >= 0.6 is 15.9 Å². The van der Waals surface area contributed by atoms with Crippen molar-refractivity contribution in [1.29, 1.82) is 0 Å². The van der Waals surface area contributed by atoms with Crippen LogP contribution in [0.4, 0.5) is 5.82 Å². The van der Waals surface area contributed by atoms with E-state index in [9.17, 15) is 13.2 Å². The van der Waals surface area contributed by atoms with Gasteiger partial charge in [-0.25, -0.2) is 18.2 Å². The zero-order chi connectivity index (χ0) is 19.9. The van der Waals surface area contributed by atoms with E-state index in [-0.39, 0.29) is 10.5 Å². The number of halogens is 1. The number of anilines is 1. The summed E-state index contributed by atoms with van der Waals surface area (Å²) < 4.78 is 33.6. The van der Waals surface area contributed by atoms with Crippen LogP contribution in [-0.4, -0.2) is 26.5 Å². The van der Waals surface area contributed by atoms with Crippen molar-refractivity contribution in [2.45, 2.75) is 23.7 Å². The van der Waals surface area contributed by atoms with Crippen molar-refractivity contribution >= 4 is 48.5 Å². The van der Waals surface area contributed by atoms with Gasteiger partial charge in [0.15, 0.2) is 0 Å². The number of nitrogens with zero attached hydrogens (tertiary/aromatic N) is 1. The Balaban J connectivity index is 1.74. The maximum Gasteiger partial charge on any atom is 0.339 e. The first-order valence-corrected chi connectivity index (χ1v) is 11.0. The number of carbonyl (C=O) groups is 1. The first kappa shape index (κ1) is 18.9. The summed E-state index contributed by atoms with van der Waals surface area (Å²) >= 11 is 3.24. The number of ether oxygens (including phenoxy) is 1. The minimum absolute atomic E-state index is 0.0312. The second-order valence-electron chi connectivity index (χ2n) is 6.62. The highest BCUT2D eigenvalue weighted by atomic mass is 79.9. The lowest BCUT2D eigenvalue weighted by molar-refractivity contribution is 0.0599. The van der Waals surface area contributed by atoms with Crippen LogP contribution in [0.2, 0.25) is 0 Å². The first-order valence-electron chi connectivity index (χ1n) is 8.69. The second-order valence-corrected chi connectivity index (χ2v) is 9.16. The minimum Gasteiger partial charge on any atom is -0.465 e. The average molecular weight is 461 g/mol. The highest BCUT2D eigenvalue weighted by Crippen LogP contribution is 2.46. The number of carbonyl (C=O) groups excluding carboxylic acids is 1. The molecular weight excluding hydrogens is 444 g/mol. The summed E-state index contributed by atoms with van der Waals surface area (Å²) in [6.45, 7) is 0. The van der Waals surface area contributed by atoms with E-state index in [0.29, 0.717) is 16.2 Å². The third-order valence-electron chi connectivity index (χ3n) is 4.71. The van der Waals surface area contributed by atoms with Gasteiger partial charge >= 0.3 is 5.97 Å². The third-order valence-corrected chi connectivity index (χ3v) is 6.70. The Morgan fingerprint density at radius 2 is 1.96 bits per heavy atom. The summed E-state index contributed by atoms with van der Waals surface area (Å²) in [4.78, 5) is 16.1. The first-order chi connectivity index (χ1) is 13.4. The number of fused-ring (bicyclic) bond motifs is 1. The molecule has 0 spiro atoms. The number of pyridine rings is 1. The molecule has 0 bridgehead atoms. The fraction of sp³-hybridized carbons (Fsp3) is 0.200. The molecule has 0 atom stereocenters. The van der Waals surface area contributed by atoms with Gasteiger partial charge in [0.05, 0.1) is 17.6 Å². The monoisotopic (exact) mass is 460 g/mol. The van der Waals surface area contributed by atoms with E-state index < -0.39 is 16.0 Å². The van der Waals surface area contributed by atoms with E-state index in [2.05, 4.69) is 30.4 Å². The van der Waals surface area contributed by atoms with E-state index in [1.165, 1.54) is 25.3 Å². The summed E-state index contributed by atoms with van der Waals surface area (Å²) in [6, 6.07) is 12.0. The Kier molecular flexibility index (Phi) is 4.84. The molecule has 8 heteroatoms. The Labute approximate surface area is 171 Å². The maximum atomic E-state index is 12.9. The third kappa shape index (κ3) is 3.49. The molecule has 0 amide bonds. The lowest BCUT2D eigenvalue weighted by atomic mass is 10.0. The van der Waals surface area contributed by atoms with Crippen molar-refractivity contribution in [3.8, 4) is 0 Å². The van der Waals surface area contributed by atoms with E-state index in [1.54, 1.807) is 6.20 Å². The average Bonchev–Trinajstić information content (AvgIpc) is 3.51. The molecule has 0 unspecified atom stereocenters.